The van der Waals surface area contributed by atoms with E-state index in [1.54, 1.807) is 18.2 Å². The number of halogens is 2. The molecule has 0 aliphatic rings. The number of ether oxygens (including phenoxy) is 2. The summed E-state index contributed by atoms with van der Waals surface area (Å²) in [6.07, 6.45) is 1.05. The Hall–Kier alpha value is -2.86. The predicted molar refractivity (Wildman–Crippen MR) is 132 cm³/mol. The van der Waals surface area contributed by atoms with Crippen molar-refractivity contribution in [2.24, 2.45) is 0 Å². The highest BCUT2D eigenvalue weighted by atomic mass is 35.5. The Labute approximate surface area is 209 Å². The zero-order valence-corrected chi connectivity index (χ0v) is 21.2. The Bertz CT molecular complexity index is 1300. The molecule has 0 fully saturated rings. The number of nitrogens with zero attached hydrogens (tertiary/aromatic N) is 1. The van der Waals surface area contributed by atoms with Crippen molar-refractivity contribution in [2.75, 3.05) is 23.5 Å². The van der Waals surface area contributed by atoms with Gasteiger partial charge in [0.2, 0.25) is 15.9 Å². The van der Waals surface area contributed by atoms with E-state index in [0.717, 1.165) is 17.4 Å². The average molecular weight is 523 g/mol. The van der Waals surface area contributed by atoms with E-state index in [1.807, 2.05) is 38.1 Å². The molecule has 1 aromatic heterocycles. The zero-order chi connectivity index (χ0) is 24.9. The summed E-state index contributed by atoms with van der Waals surface area (Å²) in [5.74, 6) is 1.86. The first-order valence-electron chi connectivity index (χ1n) is 10.3. The van der Waals surface area contributed by atoms with Crippen LogP contribution in [0.1, 0.15) is 36.3 Å². The van der Waals surface area contributed by atoms with Gasteiger partial charge < -0.3 is 13.9 Å². The molecule has 1 N–H and O–H groups in total. The monoisotopic (exact) mass is 522 g/mol. The van der Waals surface area contributed by atoms with Gasteiger partial charge >= 0.3 is 0 Å². The van der Waals surface area contributed by atoms with Crippen LogP contribution in [0.4, 0.5) is 5.88 Å². The molecule has 34 heavy (non-hydrogen) atoms. The van der Waals surface area contributed by atoms with Gasteiger partial charge in [-0.3, -0.25) is 4.72 Å². The number of hydrogen-bond acceptors (Lipinski definition) is 6. The number of alkyl halides is 1. The number of anilines is 1. The number of rotatable bonds is 10. The molecule has 0 aliphatic carbocycles. The maximum absolute atomic E-state index is 11.3. The molecular formula is C24H24Cl2N2O5S. The maximum Gasteiger partial charge on any atom is 0.232 e. The standard InChI is InChI=1S/C24H24Cl2N2O5S/c1-24(2,18-12-16(14-27)23(21(26)13-18)31-11-10-25)17-4-6-19(7-5-17)32-15-20-8-9-22(33-20)28-34(3,29)30/h4-9,12-13,28H,10-11,15H2,1-3H3. The summed E-state index contributed by atoms with van der Waals surface area (Å²) in [7, 11) is -3.41. The number of hydrogen-bond donors (Lipinski definition) is 1. The molecule has 0 aliphatic heterocycles. The van der Waals surface area contributed by atoms with E-state index in [1.165, 1.54) is 6.07 Å². The summed E-state index contributed by atoms with van der Waals surface area (Å²) in [6, 6.07) is 16.4. The molecule has 180 valence electrons. The van der Waals surface area contributed by atoms with E-state index in [0.29, 0.717) is 33.7 Å². The van der Waals surface area contributed by atoms with E-state index in [2.05, 4.69) is 10.8 Å². The van der Waals surface area contributed by atoms with Crippen LogP contribution in [0.3, 0.4) is 0 Å². The number of nitrogens with one attached hydrogen (secondary N) is 1. The fourth-order valence-electron chi connectivity index (χ4n) is 3.31. The van der Waals surface area contributed by atoms with Crippen molar-refractivity contribution < 1.29 is 22.3 Å². The molecule has 0 radical (unpaired) electrons. The van der Waals surface area contributed by atoms with Crippen molar-refractivity contribution in [1.29, 1.82) is 5.26 Å². The van der Waals surface area contributed by atoms with Gasteiger partial charge in [-0.05, 0) is 41.5 Å². The van der Waals surface area contributed by atoms with Crippen LogP contribution >= 0.6 is 23.2 Å². The lowest BCUT2D eigenvalue weighted by molar-refractivity contribution is 0.272. The molecule has 1 heterocycles. The molecule has 0 amide bonds. The minimum Gasteiger partial charge on any atom is -0.489 e. The van der Waals surface area contributed by atoms with E-state index < -0.39 is 15.4 Å². The van der Waals surface area contributed by atoms with Crippen LogP contribution in [0.2, 0.25) is 5.02 Å². The highest BCUT2D eigenvalue weighted by molar-refractivity contribution is 7.92. The smallest absolute Gasteiger partial charge is 0.232 e. The first-order valence-corrected chi connectivity index (χ1v) is 13.1. The van der Waals surface area contributed by atoms with Gasteiger partial charge in [-0.15, -0.1) is 11.6 Å². The topological polar surface area (TPSA) is 102 Å². The zero-order valence-electron chi connectivity index (χ0n) is 18.9. The van der Waals surface area contributed by atoms with Crippen molar-refractivity contribution in [1.82, 2.24) is 0 Å². The molecule has 10 heteroatoms. The fraction of sp³-hybridized carbons (Fsp3) is 0.292. The molecule has 0 spiro atoms. The van der Waals surface area contributed by atoms with Gasteiger partial charge in [0.1, 0.15) is 30.8 Å². The normalized spacial score (nSPS) is 11.6. The second kappa shape index (κ2) is 10.6. The molecule has 3 rings (SSSR count). The van der Waals surface area contributed by atoms with Crippen LogP contribution in [0.15, 0.2) is 52.9 Å². The second-order valence-corrected chi connectivity index (χ2v) is 10.6. The number of furan rings is 1. The lowest BCUT2D eigenvalue weighted by Gasteiger charge is -2.27. The quantitative estimate of drug-likeness (QED) is 0.342. The molecule has 7 nitrogen and oxygen atoms in total. The van der Waals surface area contributed by atoms with Crippen LogP contribution in [0.25, 0.3) is 0 Å². The van der Waals surface area contributed by atoms with Crippen molar-refractivity contribution in [2.45, 2.75) is 25.9 Å². The van der Waals surface area contributed by atoms with Crippen LogP contribution in [0, 0.1) is 11.3 Å². The summed E-state index contributed by atoms with van der Waals surface area (Å²) >= 11 is 12.1. The Morgan fingerprint density at radius 3 is 2.41 bits per heavy atom. The third kappa shape index (κ3) is 6.38. The molecule has 0 saturated carbocycles. The maximum atomic E-state index is 11.3. The van der Waals surface area contributed by atoms with Crippen molar-refractivity contribution in [3.8, 4) is 17.6 Å². The highest BCUT2D eigenvalue weighted by Gasteiger charge is 2.26. The largest absolute Gasteiger partial charge is 0.489 e. The van der Waals surface area contributed by atoms with E-state index in [9.17, 15) is 13.7 Å². The average Bonchev–Trinajstić information content (AvgIpc) is 3.22. The molecular weight excluding hydrogens is 499 g/mol. The van der Waals surface area contributed by atoms with Gasteiger partial charge in [-0.25, -0.2) is 8.42 Å². The van der Waals surface area contributed by atoms with Gasteiger partial charge in [0.25, 0.3) is 0 Å². The van der Waals surface area contributed by atoms with Gasteiger partial charge in [0.15, 0.2) is 5.75 Å². The Balaban J connectivity index is 1.73. The van der Waals surface area contributed by atoms with Crippen molar-refractivity contribution in [3.63, 3.8) is 0 Å². The van der Waals surface area contributed by atoms with Crippen LogP contribution in [0.5, 0.6) is 11.5 Å². The van der Waals surface area contributed by atoms with Gasteiger partial charge in [-0.2, -0.15) is 5.26 Å². The predicted octanol–water partition coefficient (Wildman–Crippen LogP) is 5.70. The number of benzene rings is 2. The minimum atomic E-state index is -3.41. The lowest BCUT2D eigenvalue weighted by atomic mass is 9.77. The van der Waals surface area contributed by atoms with E-state index in [-0.39, 0.29) is 19.1 Å². The highest BCUT2D eigenvalue weighted by Crippen LogP contribution is 2.38. The van der Waals surface area contributed by atoms with Crippen molar-refractivity contribution >= 4 is 39.1 Å². The summed E-state index contributed by atoms with van der Waals surface area (Å²) in [5.41, 5.74) is 1.75. The molecule has 0 unspecified atom stereocenters. The third-order valence-electron chi connectivity index (χ3n) is 5.11. The Kier molecular flexibility index (Phi) is 8.03. The molecule has 0 atom stereocenters. The van der Waals surface area contributed by atoms with Crippen LogP contribution in [-0.4, -0.2) is 27.2 Å². The molecule has 0 saturated heterocycles. The summed E-state index contributed by atoms with van der Waals surface area (Å²) in [6.45, 7) is 4.47. The van der Waals surface area contributed by atoms with Crippen LogP contribution in [-0.2, 0) is 22.0 Å². The van der Waals surface area contributed by atoms with Crippen LogP contribution < -0.4 is 14.2 Å². The Morgan fingerprint density at radius 1 is 1.09 bits per heavy atom. The SMILES string of the molecule is CC(C)(c1ccc(OCc2ccc(NS(C)(=O)=O)o2)cc1)c1cc(Cl)c(OCCCl)c(C#N)c1. The third-order valence-corrected chi connectivity index (χ3v) is 6.12. The number of sulfonamides is 1. The summed E-state index contributed by atoms with van der Waals surface area (Å²) in [4.78, 5) is 0. The molecule has 0 bridgehead atoms. The Morgan fingerprint density at radius 2 is 1.79 bits per heavy atom. The molecule has 3 aromatic rings. The van der Waals surface area contributed by atoms with Crippen molar-refractivity contribution in [3.05, 3.63) is 76.0 Å². The lowest BCUT2D eigenvalue weighted by Crippen LogP contribution is -2.19. The van der Waals surface area contributed by atoms with Gasteiger partial charge in [-0.1, -0.05) is 37.6 Å². The summed E-state index contributed by atoms with van der Waals surface area (Å²) in [5, 5.41) is 9.93. The van der Waals surface area contributed by atoms with Gasteiger partial charge in [0, 0.05) is 11.5 Å². The number of nitriles is 1. The minimum absolute atomic E-state index is 0.132. The summed E-state index contributed by atoms with van der Waals surface area (Å²) < 4.78 is 41.5. The second-order valence-electron chi connectivity index (χ2n) is 8.06. The first kappa shape index (κ1) is 25.8. The van der Waals surface area contributed by atoms with E-state index in [4.69, 9.17) is 37.1 Å². The fourth-order valence-corrected chi connectivity index (χ4v) is 4.13. The molecule has 2 aromatic carbocycles. The first-order chi connectivity index (χ1) is 16.0. The van der Waals surface area contributed by atoms with E-state index >= 15 is 0 Å². The van der Waals surface area contributed by atoms with Gasteiger partial charge in [0.05, 0.1) is 22.7 Å².